The van der Waals surface area contributed by atoms with E-state index in [1.54, 1.807) is 6.20 Å². The molecule has 0 aliphatic heterocycles. The van der Waals surface area contributed by atoms with Gasteiger partial charge in [0, 0.05) is 22.4 Å². The third-order valence-electron chi connectivity index (χ3n) is 3.19. The summed E-state index contributed by atoms with van der Waals surface area (Å²) >= 11 is 6.37. The highest BCUT2D eigenvalue weighted by atomic mass is 35.5. The molecule has 0 fully saturated rings. The first-order chi connectivity index (χ1) is 8.84. The minimum atomic E-state index is 0.630. The van der Waals surface area contributed by atoms with Crippen molar-refractivity contribution in [1.29, 1.82) is 0 Å². The lowest BCUT2D eigenvalue weighted by molar-refractivity contribution is 0.657. The molecule has 2 nitrogen and oxygen atoms in total. The van der Waals surface area contributed by atoms with Crippen LogP contribution in [0.5, 0.6) is 0 Å². The third kappa shape index (κ3) is 1.21. The van der Waals surface area contributed by atoms with Crippen molar-refractivity contribution in [3.8, 4) is 0 Å². The van der Waals surface area contributed by atoms with Crippen LogP contribution in [-0.2, 0) is 0 Å². The van der Waals surface area contributed by atoms with Gasteiger partial charge in [0.2, 0.25) is 5.71 Å². The maximum Gasteiger partial charge on any atom is 0.227 e. The van der Waals surface area contributed by atoms with Crippen LogP contribution in [0.3, 0.4) is 0 Å². The summed E-state index contributed by atoms with van der Waals surface area (Å²) in [5.41, 5.74) is 1.44. The Hall–Kier alpha value is -2.06. The molecule has 0 bridgehead atoms. The minimum absolute atomic E-state index is 0.630. The molecular formula is C15H8ClNO. The number of nitrogens with zero attached hydrogens (tertiary/aromatic N) is 1. The second-order valence-corrected chi connectivity index (χ2v) is 4.65. The third-order valence-corrected chi connectivity index (χ3v) is 3.49. The fourth-order valence-electron chi connectivity index (χ4n) is 2.40. The number of benzene rings is 2. The Balaban J connectivity index is 2.38. The molecule has 0 aliphatic carbocycles. The van der Waals surface area contributed by atoms with Gasteiger partial charge in [-0.25, -0.2) is 4.98 Å². The summed E-state index contributed by atoms with van der Waals surface area (Å²) in [6.45, 7) is 0. The number of furan rings is 1. The van der Waals surface area contributed by atoms with Gasteiger partial charge in [-0.2, -0.15) is 0 Å². The molecule has 0 N–H and O–H groups in total. The summed E-state index contributed by atoms with van der Waals surface area (Å²) in [5, 5.41) is 4.75. The lowest BCUT2D eigenvalue weighted by Gasteiger charge is -2.00. The predicted molar refractivity (Wildman–Crippen MR) is 74.0 cm³/mol. The van der Waals surface area contributed by atoms with Crippen LogP contribution in [0.2, 0.25) is 5.02 Å². The molecule has 2 aromatic carbocycles. The van der Waals surface area contributed by atoms with Crippen LogP contribution >= 0.6 is 11.6 Å². The van der Waals surface area contributed by atoms with E-state index in [-0.39, 0.29) is 0 Å². The van der Waals surface area contributed by atoms with E-state index in [0.717, 1.165) is 27.1 Å². The molecular weight excluding hydrogens is 246 g/mol. The van der Waals surface area contributed by atoms with E-state index in [2.05, 4.69) is 4.98 Å². The number of pyridine rings is 1. The van der Waals surface area contributed by atoms with Gasteiger partial charge in [-0.1, -0.05) is 35.9 Å². The molecule has 0 amide bonds. The van der Waals surface area contributed by atoms with Gasteiger partial charge < -0.3 is 4.42 Å². The first kappa shape index (κ1) is 9.92. The van der Waals surface area contributed by atoms with E-state index in [0.29, 0.717) is 10.7 Å². The molecule has 0 unspecified atom stereocenters. The summed E-state index contributed by atoms with van der Waals surface area (Å²) in [5.74, 6) is 0. The van der Waals surface area contributed by atoms with E-state index < -0.39 is 0 Å². The predicted octanol–water partition coefficient (Wildman–Crippen LogP) is 4.79. The highest BCUT2D eigenvalue weighted by Gasteiger charge is 2.13. The Morgan fingerprint density at radius 3 is 2.78 bits per heavy atom. The van der Waals surface area contributed by atoms with E-state index >= 15 is 0 Å². The van der Waals surface area contributed by atoms with Crippen molar-refractivity contribution in [2.24, 2.45) is 0 Å². The zero-order valence-corrected chi connectivity index (χ0v) is 10.1. The molecule has 2 heterocycles. The summed E-state index contributed by atoms with van der Waals surface area (Å²) in [7, 11) is 0. The summed E-state index contributed by atoms with van der Waals surface area (Å²) in [4.78, 5) is 4.24. The molecule has 0 aliphatic rings. The van der Waals surface area contributed by atoms with Gasteiger partial charge in [-0.05, 0) is 23.6 Å². The lowest BCUT2D eigenvalue weighted by atomic mass is 10.1. The maximum atomic E-state index is 6.37. The Morgan fingerprint density at radius 2 is 1.83 bits per heavy atom. The van der Waals surface area contributed by atoms with E-state index in [1.807, 2.05) is 42.5 Å². The molecule has 2 aromatic heterocycles. The monoisotopic (exact) mass is 253 g/mol. The smallest absolute Gasteiger partial charge is 0.227 e. The normalized spacial score (nSPS) is 11.6. The number of hydrogen-bond acceptors (Lipinski definition) is 2. The lowest BCUT2D eigenvalue weighted by Crippen LogP contribution is -1.75. The van der Waals surface area contributed by atoms with E-state index in [4.69, 9.17) is 16.0 Å². The van der Waals surface area contributed by atoms with E-state index in [1.165, 1.54) is 0 Å². The van der Waals surface area contributed by atoms with Gasteiger partial charge in [0.1, 0.15) is 5.58 Å². The Morgan fingerprint density at radius 1 is 1.00 bits per heavy atom. The summed E-state index contributed by atoms with van der Waals surface area (Å²) < 4.78 is 5.85. The molecule has 0 saturated heterocycles. The van der Waals surface area contributed by atoms with Crippen molar-refractivity contribution in [3.63, 3.8) is 0 Å². The second-order valence-electron chi connectivity index (χ2n) is 4.24. The topological polar surface area (TPSA) is 26.0 Å². The Labute approximate surface area is 108 Å². The zero-order valence-electron chi connectivity index (χ0n) is 9.35. The molecule has 18 heavy (non-hydrogen) atoms. The SMILES string of the molecule is Clc1cc2ccccc2c2oc3ncccc3c12. The van der Waals surface area contributed by atoms with Gasteiger partial charge in [0.25, 0.3) is 0 Å². The van der Waals surface area contributed by atoms with Crippen LogP contribution in [0, 0.1) is 0 Å². The molecule has 0 radical (unpaired) electrons. The van der Waals surface area contributed by atoms with Crippen molar-refractivity contribution in [1.82, 2.24) is 4.98 Å². The number of fused-ring (bicyclic) bond motifs is 5. The van der Waals surface area contributed by atoms with Crippen molar-refractivity contribution in [2.45, 2.75) is 0 Å². The molecule has 4 aromatic rings. The highest BCUT2D eigenvalue weighted by Crippen LogP contribution is 2.37. The fourth-order valence-corrected chi connectivity index (χ4v) is 2.70. The van der Waals surface area contributed by atoms with Crippen molar-refractivity contribution in [2.75, 3.05) is 0 Å². The molecule has 4 rings (SSSR count). The minimum Gasteiger partial charge on any atom is -0.437 e. The largest absolute Gasteiger partial charge is 0.437 e. The molecule has 0 spiro atoms. The second kappa shape index (κ2) is 3.47. The Bertz CT molecular complexity index is 895. The standard InChI is InChI=1S/C15H8ClNO/c16-12-8-9-4-1-2-5-10(9)14-13(12)11-6-3-7-17-15(11)18-14/h1-8H. The maximum absolute atomic E-state index is 6.37. The average molecular weight is 254 g/mol. The summed E-state index contributed by atoms with van der Waals surface area (Å²) in [6, 6.07) is 13.9. The molecule has 3 heteroatoms. The quantitative estimate of drug-likeness (QED) is 0.450. The van der Waals surface area contributed by atoms with Gasteiger partial charge in [-0.15, -0.1) is 0 Å². The molecule has 0 atom stereocenters. The average Bonchev–Trinajstić information content (AvgIpc) is 2.79. The molecule has 86 valence electrons. The fraction of sp³-hybridized carbons (Fsp3) is 0. The zero-order chi connectivity index (χ0) is 12.1. The highest BCUT2D eigenvalue weighted by molar-refractivity contribution is 6.39. The van der Waals surface area contributed by atoms with Crippen LogP contribution in [0.25, 0.3) is 32.8 Å². The number of aromatic nitrogens is 1. The number of hydrogen-bond donors (Lipinski definition) is 0. The van der Waals surface area contributed by atoms with Crippen LogP contribution in [0.1, 0.15) is 0 Å². The summed E-state index contributed by atoms with van der Waals surface area (Å²) in [6.07, 6.45) is 1.72. The van der Waals surface area contributed by atoms with Gasteiger partial charge in [0.15, 0.2) is 0 Å². The first-order valence-corrected chi connectivity index (χ1v) is 6.07. The molecule has 0 saturated carbocycles. The van der Waals surface area contributed by atoms with Crippen LogP contribution in [-0.4, -0.2) is 4.98 Å². The van der Waals surface area contributed by atoms with Crippen molar-refractivity contribution >= 4 is 44.4 Å². The first-order valence-electron chi connectivity index (χ1n) is 5.69. The van der Waals surface area contributed by atoms with Crippen molar-refractivity contribution in [3.05, 3.63) is 53.7 Å². The van der Waals surface area contributed by atoms with Gasteiger partial charge in [-0.3, -0.25) is 0 Å². The number of rotatable bonds is 0. The van der Waals surface area contributed by atoms with Crippen molar-refractivity contribution < 1.29 is 4.42 Å². The van der Waals surface area contributed by atoms with Gasteiger partial charge in [0.05, 0.1) is 5.02 Å². The number of halogens is 1. The van der Waals surface area contributed by atoms with Crippen LogP contribution in [0.15, 0.2) is 53.1 Å². The Kier molecular flexibility index (Phi) is 1.91. The van der Waals surface area contributed by atoms with E-state index in [9.17, 15) is 0 Å². The van der Waals surface area contributed by atoms with Crippen LogP contribution in [0.4, 0.5) is 0 Å². The van der Waals surface area contributed by atoms with Gasteiger partial charge >= 0.3 is 0 Å². The van der Waals surface area contributed by atoms with Crippen LogP contribution < -0.4 is 0 Å².